The summed E-state index contributed by atoms with van der Waals surface area (Å²) in [5, 5.41) is 3.36. The Morgan fingerprint density at radius 1 is 0.971 bits per heavy atom. The Balaban J connectivity index is 1.65. The maximum Gasteiger partial charge on any atom is 0.428 e. The Labute approximate surface area is 198 Å². The van der Waals surface area contributed by atoms with Crippen molar-refractivity contribution in [2.75, 3.05) is 45.5 Å². The van der Waals surface area contributed by atoms with E-state index in [0.29, 0.717) is 12.2 Å². The molecule has 9 nitrogen and oxygen atoms in total. The molecule has 1 aliphatic heterocycles. The summed E-state index contributed by atoms with van der Waals surface area (Å²) < 4.78 is 3.13. The summed E-state index contributed by atoms with van der Waals surface area (Å²) in [7, 11) is 2.14. The van der Waals surface area contributed by atoms with Crippen molar-refractivity contribution in [1.29, 1.82) is 0 Å². The van der Waals surface area contributed by atoms with Crippen LogP contribution in [0.5, 0.6) is 0 Å². The number of aromatic amines is 1. The molecule has 0 bridgehead atoms. The molecular weight excluding hydrogens is 428 g/mol. The molecule has 0 atom stereocenters. The van der Waals surface area contributed by atoms with Gasteiger partial charge in [0.05, 0.1) is 12.1 Å². The lowest BCUT2D eigenvalue weighted by molar-refractivity contribution is -0.516. The van der Waals surface area contributed by atoms with Gasteiger partial charge in [0, 0.05) is 49.7 Å². The number of nitrogens with one attached hydrogen (secondary N) is 1. The zero-order valence-corrected chi connectivity index (χ0v) is 20.0. The summed E-state index contributed by atoms with van der Waals surface area (Å²) in [6.45, 7) is 9.37. The molecule has 0 spiro atoms. The van der Waals surface area contributed by atoms with E-state index >= 15 is 0 Å². The molecular formula is C25H31N8O+. The van der Waals surface area contributed by atoms with E-state index in [2.05, 4.69) is 26.9 Å². The number of benzene rings is 1. The van der Waals surface area contributed by atoms with E-state index in [4.69, 9.17) is 10.7 Å². The molecule has 1 aromatic carbocycles. The highest BCUT2D eigenvalue weighted by atomic mass is 16.2. The molecule has 0 unspecified atom stereocenters. The number of anilines is 1. The number of nitrogens with zero attached hydrogens (tertiary/aromatic N) is 6. The molecule has 4 aromatic rings. The summed E-state index contributed by atoms with van der Waals surface area (Å²) >= 11 is 0. The zero-order chi connectivity index (χ0) is 23.8. The number of aryl methyl sites for hydroxylation is 2. The first-order valence-corrected chi connectivity index (χ1v) is 11.7. The summed E-state index contributed by atoms with van der Waals surface area (Å²) in [5.41, 5.74) is 12.0. The van der Waals surface area contributed by atoms with Crippen LogP contribution in [-0.4, -0.2) is 69.3 Å². The Morgan fingerprint density at radius 2 is 1.65 bits per heavy atom. The van der Waals surface area contributed by atoms with Crippen LogP contribution < -0.4 is 15.8 Å². The van der Waals surface area contributed by atoms with Gasteiger partial charge in [-0.25, -0.2) is 9.89 Å². The van der Waals surface area contributed by atoms with E-state index in [1.54, 1.807) is 4.68 Å². The number of hydrogen-bond donors (Lipinski definition) is 2. The second kappa shape index (κ2) is 9.00. The molecule has 0 aliphatic carbocycles. The number of H-pyrrole nitrogens is 1. The van der Waals surface area contributed by atoms with Gasteiger partial charge in [0.2, 0.25) is 5.65 Å². The first kappa shape index (κ1) is 22.2. The number of hydrogen-bond acceptors (Lipinski definition) is 6. The maximum atomic E-state index is 13.4. The van der Waals surface area contributed by atoms with Crippen molar-refractivity contribution in [2.24, 2.45) is 0 Å². The van der Waals surface area contributed by atoms with Crippen molar-refractivity contribution < 1.29 is 4.40 Å². The van der Waals surface area contributed by atoms with Gasteiger partial charge in [-0.05, 0) is 38.6 Å². The highest BCUT2D eigenvalue weighted by molar-refractivity contribution is 5.88. The number of nitrogens with two attached hydrogens (primary N) is 1. The lowest BCUT2D eigenvalue weighted by Crippen LogP contribution is -2.47. The van der Waals surface area contributed by atoms with Crippen LogP contribution in [0.25, 0.3) is 28.0 Å². The molecule has 5 rings (SSSR count). The van der Waals surface area contributed by atoms with Crippen LogP contribution in [0.4, 0.5) is 5.95 Å². The molecule has 1 fully saturated rings. The number of aromatic nitrogens is 5. The topological polar surface area (TPSA) is 100 Å². The average molecular weight is 460 g/mol. The molecule has 9 heteroatoms. The third kappa shape index (κ3) is 4.20. The molecule has 3 N–H and O–H groups in total. The molecule has 34 heavy (non-hydrogen) atoms. The van der Waals surface area contributed by atoms with Crippen LogP contribution in [0.15, 0.2) is 47.3 Å². The van der Waals surface area contributed by atoms with E-state index < -0.39 is 0 Å². The number of fused-ring (bicyclic) bond motifs is 1. The fourth-order valence-electron chi connectivity index (χ4n) is 4.68. The van der Waals surface area contributed by atoms with Crippen molar-refractivity contribution >= 4 is 11.6 Å². The second-order valence-electron chi connectivity index (χ2n) is 9.07. The summed E-state index contributed by atoms with van der Waals surface area (Å²) in [4.78, 5) is 27.3. The van der Waals surface area contributed by atoms with Crippen molar-refractivity contribution in [2.45, 2.75) is 20.4 Å². The number of pyridine rings is 1. The normalized spacial score (nSPS) is 15.3. The van der Waals surface area contributed by atoms with Crippen LogP contribution in [0.1, 0.15) is 11.4 Å². The largest absolute Gasteiger partial charge is 0.428 e. The minimum Gasteiger partial charge on any atom is -0.319 e. The minimum atomic E-state index is -0.211. The van der Waals surface area contributed by atoms with Crippen LogP contribution in [0, 0.1) is 13.8 Å². The Hall–Kier alpha value is -3.56. The van der Waals surface area contributed by atoms with E-state index in [1.165, 1.54) is 4.40 Å². The van der Waals surface area contributed by atoms with Gasteiger partial charge in [0.1, 0.15) is 5.69 Å². The van der Waals surface area contributed by atoms with Gasteiger partial charge in [0.15, 0.2) is 0 Å². The molecule has 176 valence electrons. The van der Waals surface area contributed by atoms with Gasteiger partial charge in [-0.3, -0.25) is 9.88 Å². The first-order chi connectivity index (χ1) is 16.4. The van der Waals surface area contributed by atoms with Gasteiger partial charge in [0.25, 0.3) is 0 Å². The quantitative estimate of drug-likeness (QED) is 0.439. The molecule has 4 heterocycles. The third-order valence-electron chi connectivity index (χ3n) is 6.47. The summed E-state index contributed by atoms with van der Waals surface area (Å²) in [5.74, 6) is 0.166. The standard InChI is InChI=1S/C25H30N8O/c1-17-15-20(16-18(2)27-17)21-22(19-7-5-4-6-8-19)28-24(26)33-23(21)29-32(25(33)34)14-13-31-11-9-30(3)10-12-31/h4-8,15-16H,9-14H2,1-3H3,(H2,26,27,28,29)/p+1. The molecule has 0 amide bonds. The predicted octanol–water partition coefficient (Wildman–Crippen LogP) is 1.49. The number of rotatable bonds is 5. The van der Waals surface area contributed by atoms with Crippen LogP contribution >= 0.6 is 0 Å². The molecule has 1 saturated heterocycles. The smallest absolute Gasteiger partial charge is 0.319 e. The molecule has 0 radical (unpaired) electrons. The van der Waals surface area contributed by atoms with Gasteiger partial charge >= 0.3 is 11.6 Å². The fraction of sp³-hybridized carbons (Fsp3) is 0.360. The highest BCUT2D eigenvalue weighted by Crippen LogP contribution is 2.33. The van der Waals surface area contributed by atoms with Crippen molar-refractivity contribution in [1.82, 2.24) is 29.5 Å². The van der Waals surface area contributed by atoms with Gasteiger partial charge in [-0.15, -0.1) is 9.38 Å². The van der Waals surface area contributed by atoms with Crippen molar-refractivity contribution in [3.63, 3.8) is 0 Å². The molecule has 0 saturated carbocycles. The SMILES string of the molecule is Cc1cc(-c2c(-c3ccccc3)nc(N)[n+]3c(=O)n(CCN4CCN(C)CC4)[nH]c23)cc(C)n1. The average Bonchev–Trinajstić information content (AvgIpc) is 3.15. The Morgan fingerprint density at radius 3 is 2.32 bits per heavy atom. The van der Waals surface area contributed by atoms with E-state index in [9.17, 15) is 4.79 Å². The Bertz CT molecular complexity index is 1360. The van der Waals surface area contributed by atoms with Gasteiger partial charge in [-0.1, -0.05) is 30.3 Å². The monoisotopic (exact) mass is 459 g/mol. The maximum absolute atomic E-state index is 13.4. The molecule has 3 aromatic heterocycles. The van der Waals surface area contributed by atoms with Crippen LogP contribution in [-0.2, 0) is 6.54 Å². The predicted molar refractivity (Wildman–Crippen MR) is 132 cm³/mol. The van der Waals surface area contributed by atoms with Crippen molar-refractivity contribution in [3.8, 4) is 22.4 Å². The lowest BCUT2D eigenvalue weighted by atomic mass is 9.99. The molecule has 1 aliphatic rings. The lowest BCUT2D eigenvalue weighted by Gasteiger charge is -2.31. The van der Waals surface area contributed by atoms with Crippen molar-refractivity contribution in [3.05, 3.63) is 64.3 Å². The highest BCUT2D eigenvalue weighted by Gasteiger charge is 2.26. The van der Waals surface area contributed by atoms with Gasteiger partial charge in [-0.2, -0.15) is 4.68 Å². The zero-order valence-electron chi connectivity index (χ0n) is 20.0. The van der Waals surface area contributed by atoms with E-state index in [1.807, 2.05) is 56.3 Å². The summed E-state index contributed by atoms with van der Waals surface area (Å²) in [6, 6.07) is 14.0. The Kier molecular flexibility index (Phi) is 5.89. The third-order valence-corrected chi connectivity index (χ3v) is 6.47. The number of likely N-dealkylation sites (N-methyl/N-ethyl adjacent to an activating group) is 1. The minimum absolute atomic E-state index is 0.166. The number of nitrogen functional groups attached to an aromatic ring is 1. The van der Waals surface area contributed by atoms with Crippen LogP contribution in [0.3, 0.4) is 0 Å². The van der Waals surface area contributed by atoms with Gasteiger partial charge < -0.3 is 10.6 Å². The first-order valence-electron chi connectivity index (χ1n) is 11.7. The van der Waals surface area contributed by atoms with E-state index in [-0.39, 0.29) is 11.6 Å². The number of piperazine rings is 1. The second-order valence-corrected chi connectivity index (χ2v) is 9.07. The summed E-state index contributed by atoms with van der Waals surface area (Å²) in [6.07, 6.45) is 0. The fourth-order valence-corrected chi connectivity index (χ4v) is 4.68. The van der Waals surface area contributed by atoms with Crippen LogP contribution in [0.2, 0.25) is 0 Å². The van der Waals surface area contributed by atoms with E-state index in [0.717, 1.165) is 66.5 Å².